The first-order valence-electron chi connectivity index (χ1n) is 9.70. The smallest absolute Gasteiger partial charge is 0.0858 e. The number of benzene rings is 3. The van der Waals surface area contributed by atoms with Crippen LogP contribution in [0.25, 0.3) is 0 Å². The summed E-state index contributed by atoms with van der Waals surface area (Å²) in [7, 11) is 2.11. The Balaban J connectivity index is 1.48. The van der Waals surface area contributed by atoms with Crippen LogP contribution in [0.3, 0.4) is 0 Å². The Morgan fingerprint density at radius 1 is 0.724 bits per heavy atom. The minimum atomic E-state index is -0.0426. The number of allylic oxidation sites excluding steroid dienone is 2. The SMILES string of the molecule is CN1C(=CC=Nc2ccc(N=Nc3ccccc3)cc2)C(C)(C)c2ccccc21. The number of aliphatic imine (C=N–C) groups is 1. The molecule has 4 rings (SSSR count). The fraction of sp³-hybridized carbons (Fsp3) is 0.160. The molecular formula is C25H24N4. The molecule has 4 heteroatoms. The molecule has 1 aliphatic rings. The first kappa shape index (κ1) is 18.8. The molecule has 0 radical (unpaired) electrons. The van der Waals surface area contributed by atoms with Crippen molar-refractivity contribution in [2.45, 2.75) is 19.3 Å². The summed E-state index contributed by atoms with van der Waals surface area (Å²) in [6, 6.07) is 26.0. The average molecular weight is 380 g/mol. The minimum absolute atomic E-state index is 0.0426. The molecule has 0 aliphatic carbocycles. The van der Waals surface area contributed by atoms with Crippen molar-refractivity contribution in [3.8, 4) is 0 Å². The van der Waals surface area contributed by atoms with E-state index in [2.05, 4.69) is 71.4 Å². The summed E-state index contributed by atoms with van der Waals surface area (Å²) in [5, 5.41) is 8.50. The second-order valence-electron chi connectivity index (χ2n) is 7.58. The number of fused-ring (bicyclic) bond motifs is 1. The zero-order chi connectivity index (χ0) is 20.3. The summed E-state index contributed by atoms with van der Waals surface area (Å²) in [4.78, 5) is 6.84. The van der Waals surface area contributed by atoms with Gasteiger partial charge >= 0.3 is 0 Å². The van der Waals surface area contributed by atoms with Crippen LogP contribution < -0.4 is 4.90 Å². The second kappa shape index (κ2) is 7.84. The fourth-order valence-corrected chi connectivity index (χ4v) is 3.71. The molecular weight excluding hydrogens is 356 g/mol. The van der Waals surface area contributed by atoms with Crippen LogP contribution in [0.4, 0.5) is 22.7 Å². The van der Waals surface area contributed by atoms with Crippen LogP contribution in [-0.4, -0.2) is 13.3 Å². The van der Waals surface area contributed by atoms with Gasteiger partial charge in [-0.2, -0.15) is 10.2 Å². The number of rotatable bonds is 4. The highest BCUT2D eigenvalue weighted by Gasteiger charge is 2.37. The van der Waals surface area contributed by atoms with Crippen molar-refractivity contribution < 1.29 is 0 Å². The molecule has 0 spiro atoms. The molecule has 144 valence electrons. The van der Waals surface area contributed by atoms with Crippen molar-refractivity contribution in [2.24, 2.45) is 15.2 Å². The topological polar surface area (TPSA) is 40.3 Å². The maximum Gasteiger partial charge on any atom is 0.0858 e. The normalized spacial score (nSPS) is 16.8. The van der Waals surface area contributed by atoms with E-state index in [1.807, 2.05) is 60.8 Å². The maximum atomic E-state index is 4.59. The van der Waals surface area contributed by atoms with Crippen molar-refractivity contribution in [1.82, 2.24) is 0 Å². The number of hydrogen-bond acceptors (Lipinski definition) is 4. The minimum Gasteiger partial charge on any atom is -0.347 e. The lowest BCUT2D eigenvalue weighted by atomic mass is 9.84. The quantitative estimate of drug-likeness (QED) is 0.351. The van der Waals surface area contributed by atoms with E-state index in [0.29, 0.717) is 0 Å². The van der Waals surface area contributed by atoms with Crippen LogP contribution in [0.1, 0.15) is 19.4 Å². The molecule has 1 aliphatic heterocycles. The van der Waals surface area contributed by atoms with E-state index in [-0.39, 0.29) is 5.41 Å². The van der Waals surface area contributed by atoms with Gasteiger partial charge in [0.1, 0.15) is 0 Å². The molecule has 0 saturated heterocycles. The summed E-state index contributed by atoms with van der Waals surface area (Å²) < 4.78 is 0. The van der Waals surface area contributed by atoms with E-state index < -0.39 is 0 Å². The first-order valence-corrected chi connectivity index (χ1v) is 9.70. The molecule has 4 nitrogen and oxygen atoms in total. The zero-order valence-corrected chi connectivity index (χ0v) is 16.9. The van der Waals surface area contributed by atoms with Gasteiger partial charge in [-0.25, -0.2) is 0 Å². The number of hydrogen-bond donors (Lipinski definition) is 0. The van der Waals surface area contributed by atoms with Crippen molar-refractivity contribution >= 4 is 29.0 Å². The Hall–Kier alpha value is -3.53. The zero-order valence-electron chi connectivity index (χ0n) is 16.9. The molecule has 0 N–H and O–H groups in total. The molecule has 0 unspecified atom stereocenters. The molecule has 1 heterocycles. The van der Waals surface area contributed by atoms with Gasteiger partial charge in [-0.15, -0.1) is 0 Å². The van der Waals surface area contributed by atoms with Gasteiger partial charge in [0, 0.05) is 30.1 Å². The third-order valence-corrected chi connectivity index (χ3v) is 5.28. The van der Waals surface area contributed by atoms with Gasteiger partial charge in [-0.1, -0.05) is 50.2 Å². The number of nitrogens with zero attached hydrogens (tertiary/aromatic N) is 4. The van der Waals surface area contributed by atoms with Gasteiger partial charge in [0.15, 0.2) is 0 Å². The van der Waals surface area contributed by atoms with E-state index in [9.17, 15) is 0 Å². The number of azo groups is 1. The van der Waals surface area contributed by atoms with Gasteiger partial charge in [0.2, 0.25) is 0 Å². The molecule has 0 fully saturated rings. The van der Waals surface area contributed by atoms with Crippen LogP contribution in [0.15, 0.2) is 106 Å². The van der Waals surface area contributed by atoms with Gasteiger partial charge in [0.25, 0.3) is 0 Å². The van der Waals surface area contributed by atoms with Crippen molar-refractivity contribution in [2.75, 3.05) is 11.9 Å². The largest absolute Gasteiger partial charge is 0.347 e. The van der Waals surface area contributed by atoms with Crippen LogP contribution >= 0.6 is 0 Å². The number of likely N-dealkylation sites (N-methyl/N-ethyl adjacent to an activating group) is 1. The Morgan fingerprint density at radius 2 is 1.31 bits per heavy atom. The number of anilines is 1. The van der Waals surface area contributed by atoms with E-state index in [1.165, 1.54) is 16.9 Å². The highest BCUT2D eigenvalue weighted by Crippen LogP contribution is 2.46. The standard InChI is InChI=1S/C25H24N4/c1-25(2)22-11-7-8-12-23(22)29(3)24(25)17-18-26-19-13-15-21(16-14-19)28-27-20-9-5-4-6-10-20/h4-18H,1-3H3. The Labute approximate surface area is 172 Å². The highest BCUT2D eigenvalue weighted by molar-refractivity contribution is 5.81. The third kappa shape index (κ3) is 3.87. The maximum absolute atomic E-state index is 4.59. The van der Waals surface area contributed by atoms with Crippen molar-refractivity contribution in [1.29, 1.82) is 0 Å². The van der Waals surface area contributed by atoms with E-state index in [1.54, 1.807) is 0 Å². The monoisotopic (exact) mass is 380 g/mol. The lowest BCUT2D eigenvalue weighted by Crippen LogP contribution is -2.22. The van der Waals surface area contributed by atoms with E-state index in [4.69, 9.17) is 0 Å². The second-order valence-corrected chi connectivity index (χ2v) is 7.58. The summed E-state index contributed by atoms with van der Waals surface area (Å²) in [5.41, 5.74) is 6.32. The molecule has 0 amide bonds. The van der Waals surface area contributed by atoms with Crippen molar-refractivity contribution in [3.63, 3.8) is 0 Å². The Morgan fingerprint density at radius 3 is 2.00 bits per heavy atom. The summed E-state index contributed by atoms with van der Waals surface area (Å²) in [6.07, 6.45) is 3.98. The van der Waals surface area contributed by atoms with Crippen molar-refractivity contribution in [3.05, 3.63) is 96.2 Å². The molecule has 3 aromatic carbocycles. The lowest BCUT2D eigenvalue weighted by Gasteiger charge is -2.23. The molecule has 29 heavy (non-hydrogen) atoms. The predicted molar refractivity (Wildman–Crippen MR) is 121 cm³/mol. The molecule has 0 atom stereocenters. The summed E-state index contributed by atoms with van der Waals surface area (Å²) in [6.45, 7) is 4.50. The van der Waals surface area contributed by atoms with E-state index in [0.717, 1.165) is 17.1 Å². The first-order chi connectivity index (χ1) is 14.1. The van der Waals surface area contributed by atoms with Crippen LogP contribution in [0.2, 0.25) is 0 Å². The van der Waals surface area contributed by atoms with Gasteiger partial charge in [0.05, 0.1) is 17.1 Å². The van der Waals surface area contributed by atoms with Crippen LogP contribution in [0.5, 0.6) is 0 Å². The molecule has 3 aromatic rings. The fourth-order valence-electron chi connectivity index (χ4n) is 3.71. The summed E-state index contributed by atoms with van der Waals surface area (Å²) in [5.74, 6) is 0. The van der Waals surface area contributed by atoms with Gasteiger partial charge < -0.3 is 4.90 Å². The Kier molecular flexibility index (Phi) is 5.09. The molecule has 0 bridgehead atoms. The highest BCUT2D eigenvalue weighted by atomic mass is 15.2. The number of para-hydroxylation sites is 1. The Bertz CT molecular complexity index is 1080. The van der Waals surface area contributed by atoms with Gasteiger partial charge in [-0.05, 0) is 54.1 Å². The van der Waals surface area contributed by atoms with Gasteiger partial charge in [-0.3, -0.25) is 4.99 Å². The predicted octanol–water partition coefficient (Wildman–Crippen LogP) is 7.12. The third-order valence-electron chi connectivity index (χ3n) is 5.28. The molecule has 0 aromatic heterocycles. The van der Waals surface area contributed by atoms with Crippen LogP contribution in [-0.2, 0) is 5.41 Å². The lowest BCUT2D eigenvalue weighted by molar-refractivity contribution is 0.641. The molecule has 0 saturated carbocycles. The van der Waals surface area contributed by atoms with E-state index >= 15 is 0 Å². The summed E-state index contributed by atoms with van der Waals surface area (Å²) >= 11 is 0. The van der Waals surface area contributed by atoms with Crippen LogP contribution in [0, 0.1) is 0 Å². The average Bonchev–Trinajstić information content (AvgIpc) is 2.95.